The summed E-state index contributed by atoms with van der Waals surface area (Å²) in [5.41, 5.74) is 2.88. The zero-order valence-corrected chi connectivity index (χ0v) is 15.3. The van der Waals surface area contributed by atoms with Crippen molar-refractivity contribution in [2.75, 3.05) is 13.1 Å². The van der Waals surface area contributed by atoms with Crippen LogP contribution in [0.15, 0.2) is 41.8 Å². The highest BCUT2D eigenvalue weighted by atomic mass is 32.1. The van der Waals surface area contributed by atoms with E-state index in [1.54, 1.807) is 11.3 Å². The van der Waals surface area contributed by atoms with E-state index in [1.165, 1.54) is 16.0 Å². The van der Waals surface area contributed by atoms with Crippen LogP contribution < -0.4 is 5.32 Å². The van der Waals surface area contributed by atoms with Crippen LogP contribution in [-0.2, 0) is 17.8 Å². The first kappa shape index (κ1) is 17.2. The van der Waals surface area contributed by atoms with Crippen molar-refractivity contribution in [1.82, 2.24) is 10.2 Å². The molecule has 1 aliphatic rings. The van der Waals surface area contributed by atoms with Crippen LogP contribution in [0.5, 0.6) is 0 Å². The number of carbonyl (C=O) groups is 1. The number of hydrogen-bond donors (Lipinski definition) is 1. The van der Waals surface area contributed by atoms with Gasteiger partial charge in [-0.25, -0.2) is 0 Å². The first-order valence-electron chi connectivity index (χ1n) is 8.74. The van der Waals surface area contributed by atoms with Crippen LogP contribution in [0.25, 0.3) is 0 Å². The van der Waals surface area contributed by atoms with Gasteiger partial charge >= 0.3 is 0 Å². The Morgan fingerprint density at radius 1 is 1.21 bits per heavy atom. The van der Waals surface area contributed by atoms with Gasteiger partial charge in [-0.05, 0) is 34.9 Å². The van der Waals surface area contributed by atoms with Gasteiger partial charge in [0.2, 0.25) is 5.91 Å². The lowest BCUT2D eigenvalue weighted by Crippen LogP contribution is -2.40. The lowest BCUT2D eigenvalue weighted by molar-refractivity contribution is -0.122. The maximum Gasteiger partial charge on any atom is 0.220 e. The van der Waals surface area contributed by atoms with Gasteiger partial charge < -0.3 is 5.32 Å². The van der Waals surface area contributed by atoms with Gasteiger partial charge in [0.05, 0.1) is 6.04 Å². The number of hydrogen-bond acceptors (Lipinski definition) is 3. The molecule has 1 atom stereocenters. The van der Waals surface area contributed by atoms with Gasteiger partial charge in [-0.3, -0.25) is 9.69 Å². The van der Waals surface area contributed by atoms with Gasteiger partial charge in [-0.2, -0.15) is 0 Å². The molecule has 1 amide bonds. The molecule has 0 saturated carbocycles. The summed E-state index contributed by atoms with van der Waals surface area (Å²) in [6, 6.07) is 13.2. The van der Waals surface area contributed by atoms with Crippen molar-refractivity contribution in [1.29, 1.82) is 0 Å². The number of amides is 1. The van der Waals surface area contributed by atoms with Gasteiger partial charge in [-0.15, -0.1) is 11.3 Å². The van der Waals surface area contributed by atoms with E-state index in [0.717, 1.165) is 19.5 Å². The Morgan fingerprint density at radius 3 is 2.71 bits per heavy atom. The van der Waals surface area contributed by atoms with Crippen LogP contribution in [0.3, 0.4) is 0 Å². The average Bonchev–Trinajstić information content (AvgIpc) is 3.08. The SMILES string of the molecule is CC(C)CC(=O)NC[C@@H](c1cccs1)N1CCc2ccccc2C1. The number of benzene rings is 1. The molecule has 3 rings (SSSR count). The summed E-state index contributed by atoms with van der Waals surface area (Å²) >= 11 is 1.78. The number of nitrogens with one attached hydrogen (secondary N) is 1. The Bertz CT molecular complexity index is 666. The molecule has 1 aliphatic heterocycles. The highest BCUT2D eigenvalue weighted by Crippen LogP contribution is 2.30. The largest absolute Gasteiger partial charge is 0.354 e. The summed E-state index contributed by atoms with van der Waals surface area (Å²) in [6.45, 7) is 6.85. The molecule has 24 heavy (non-hydrogen) atoms. The number of thiophene rings is 1. The summed E-state index contributed by atoms with van der Waals surface area (Å²) < 4.78 is 0. The maximum atomic E-state index is 12.1. The molecule has 0 fully saturated rings. The van der Waals surface area contributed by atoms with E-state index >= 15 is 0 Å². The standard InChI is InChI=1S/C20H26N2OS/c1-15(2)12-20(23)21-13-18(19-8-5-11-24-19)22-10-9-16-6-3-4-7-17(16)14-22/h3-8,11,15,18H,9-10,12-14H2,1-2H3,(H,21,23)/t18-/m0/s1. The van der Waals surface area contributed by atoms with Crippen LogP contribution in [-0.4, -0.2) is 23.9 Å². The molecule has 2 aromatic rings. The number of rotatable bonds is 6. The molecule has 1 aromatic carbocycles. The van der Waals surface area contributed by atoms with Crippen molar-refractivity contribution in [2.24, 2.45) is 5.92 Å². The minimum atomic E-state index is 0.156. The number of nitrogens with zero attached hydrogens (tertiary/aromatic N) is 1. The van der Waals surface area contributed by atoms with Crippen molar-refractivity contribution < 1.29 is 4.79 Å². The maximum absolute atomic E-state index is 12.1. The Labute approximate surface area is 148 Å². The lowest BCUT2D eigenvalue weighted by atomic mass is 9.98. The Balaban J connectivity index is 1.71. The van der Waals surface area contributed by atoms with E-state index < -0.39 is 0 Å². The van der Waals surface area contributed by atoms with E-state index in [0.29, 0.717) is 18.9 Å². The van der Waals surface area contributed by atoms with E-state index in [-0.39, 0.29) is 11.9 Å². The fraction of sp³-hybridized carbons (Fsp3) is 0.450. The van der Waals surface area contributed by atoms with E-state index in [9.17, 15) is 4.79 Å². The molecule has 1 N–H and O–H groups in total. The molecule has 1 aromatic heterocycles. The third kappa shape index (κ3) is 4.25. The fourth-order valence-corrected chi connectivity index (χ4v) is 4.19. The molecule has 0 unspecified atom stereocenters. The van der Waals surface area contributed by atoms with Crippen molar-refractivity contribution >= 4 is 17.2 Å². The molecule has 0 bridgehead atoms. The summed E-state index contributed by atoms with van der Waals surface area (Å²) in [5.74, 6) is 0.552. The smallest absolute Gasteiger partial charge is 0.220 e. The van der Waals surface area contributed by atoms with E-state index in [1.807, 2.05) is 0 Å². The summed E-state index contributed by atoms with van der Waals surface area (Å²) in [4.78, 5) is 15.9. The van der Waals surface area contributed by atoms with E-state index in [2.05, 4.69) is 65.8 Å². The molecule has 3 nitrogen and oxygen atoms in total. The predicted octanol–water partition coefficient (Wildman–Crippen LogP) is 4.01. The first-order valence-corrected chi connectivity index (χ1v) is 9.62. The molecule has 4 heteroatoms. The molecule has 128 valence electrons. The third-order valence-electron chi connectivity index (χ3n) is 4.56. The zero-order valence-electron chi connectivity index (χ0n) is 14.5. The second-order valence-electron chi connectivity index (χ2n) is 6.92. The summed E-state index contributed by atoms with van der Waals surface area (Å²) in [5, 5.41) is 5.27. The Hall–Kier alpha value is -1.65. The Morgan fingerprint density at radius 2 is 2.00 bits per heavy atom. The van der Waals surface area contributed by atoms with Crippen molar-refractivity contribution in [3.8, 4) is 0 Å². The normalized spacial score (nSPS) is 16.0. The fourth-order valence-electron chi connectivity index (χ4n) is 3.33. The molecule has 0 spiro atoms. The van der Waals surface area contributed by atoms with Crippen LogP contribution in [0.2, 0.25) is 0 Å². The number of carbonyl (C=O) groups excluding carboxylic acids is 1. The van der Waals surface area contributed by atoms with Crippen molar-refractivity contribution in [2.45, 2.75) is 39.3 Å². The van der Waals surface area contributed by atoms with Gasteiger partial charge in [-0.1, -0.05) is 44.2 Å². The Kier molecular flexibility index (Phi) is 5.69. The predicted molar refractivity (Wildman–Crippen MR) is 100 cm³/mol. The quantitative estimate of drug-likeness (QED) is 0.860. The van der Waals surface area contributed by atoms with Gasteiger partial charge in [0, 0.05) is 30.9 Å². The molecule has 0 aliphatic carbocycles. The second-order valence-corrected chi connectivity index (χ2v) is 7.90. The second kappa shape index (κ2) is 7.95. The van der Waals surface area contributed by atoms with Crippen LogP contribution in [0.4, 0.5) is 0 Å². The zero-order chi connectivity index (χ0) is 16.9. The van der Waals surface area contributed by atoms with E-state index in [4.69, 9.17) is 0 Å². The van der Waals surface area contributed by atoms with Gasteiger partial charge in [0.1, 0.15) is 0 Å². The van der Waals surface area contributed by atoms with Gasteiger partial charge in [0.15, 0.2) is 0 Å². The average molecular weight is 343 g/mol. The minimum Gasteiger partial charge on any atom is -0.354 e. The molecular weight excluding hydrogens is 316 g/mol. The van der Waals surface area contributed by atoms with Crippen LogP contribution in [0, 0.1) is 5.92 Å². The van der Waals surface area contributed by atoms with Crippen molar-refractivity contribution in [3.63, 3.8) is 0 Å². The first-order chi connectivity index (χ1) is 11.6. The third-order valence-corrected chi connectivity index (χ3v) is 5.53. The summed E-state index contributed by atoms with van der Waals surface area (Å²) in [6.07, 6.45) is 1.68. The molecule has 0 saturated heterocycles. The monoisotopic (exact) mass is 342 g/mol. The highest BCUT2D eigenvalue weighted by Gasteiger charge is 2.25. The lowest BCUT2D eigenvalue weighted by Gasteiger charge is -2.35. The molecule has 0 radical (unpaired) electrons. The minimum absolute atomic E-state index is 0.156. The highest BCUT2D eigenvalue weighted by molar-refractivity contribution is 7.10. The van der Waals surface area contributed by atoms with Gasteiger partial charge in [0.25, 0.3) is 0 Å². The van der Waals surface area contributed by atoms with Crippen LogP contribution >= 0.6 is 11.3 Å². The number of fused-ring (bicyclic) bond motifs is 1. The van der Waals surface area contributed by atoms with Crippen molar-refractivity contribution in [3.05, 3.63) is 57.8 Å². The molecule has 2 heterocycles. The van der Waals surface area contributed by atoms with Crippen LogP contribution in [0.1, 0.15) is 42.3 Å². The molecular formula is C20H26N2OS. The topological polar surface area (TPSA) is 32.3 Å². The summed E-state index contributed by atoms with van der Waals surface area (Å²) in [7, 11) is 0.